The van der Waals surface area contributed by atoms with Crippen LogP contribution >= 0.6 is 11.8 Å². The third-order valence-corrected chi connectivity index (χ3v) is 5.57. The Balaban J connectivity index is 2.35. The molecule has 0 saturated carbocycles. The predicted molar refractivity (Wildman–Crippen MR) is 103 cm³/mol. The van der Waals surface area contributed by atoms with E-state index in [0.717, 1.165) is 11.8 Å². The molecule has 1 fully saturated rings. The predicted octanol–water partition coefficient (Wildman–Crippen LogP) is 4.19. The summed E-state index contributed by atoms with van der Waals surface area (Å²) in [6.07, 6.45) is 1.83. The zero-order chi connectivity index (χ0) is 19.5. The molecule has 138 valence electrons. The first kappa shape index (κ1) is 20.7. The molecule has 0 unspecified atom stereocenters. The summed E-state index contributed by atoms with van der Waals surface area (Å²) in [5, 5.41) is 8.71. The quantitative estimate of drug-likeness (QED) is 0.723. The van der Waals surface area contributed by atoms with Crippen LogP contribution in [0.25, 0.3) is 6.08 Å². The average molecular weight is 375 g/mol. The summed E-state index contributed by atoms with van der Waals surface area (Å²) < 4.78 is 26.5. The average Bonchev–Trinajstić information content (AvgIpc) is 2.73. The first-order valence-corrected chi connectivity index (χ1v) is 9.39. The van der Waals surface area contributed by atoms with Gasteiger partial charge in [-0.1, -0.05) is 30.0 Å². The molecular weight excluding hydrogens is 352 g/mol. The number of carbonyl (C=O) groups excluding carboxylic acids is 1. The maximum absolute atomic E-state index is 14.4. The molecule has 0 bridgehead atoms. The van der Waals surface area contributed by atoms with E-state index < -0.39 is 24.1 Å². The number of hydrogen-bond acceptors (Lipinski definition) is 5. The zero-order valence-corrected chi connectivity index (χ0v) is 16.6. The Morgan fingerprint density at radius 2 is 1.92 bits per heavy atom. The van der Waals surface area contributed by atoms with Crippen molar-refractivity contribution in [2.75, 3.05) is 5.75 Å². The van der Waals surface area contributed by atoms with Gasteiger partial charge in [-0.2, -0.15) is 5.26 Å². The van der Waals surface area contributed by atoms with Gasteiger partial charge in [0.1, 0.15) is 5.82 Å². The monoisotopic (exact) mass is 375 g/mol. The second-order valence-corrected chi connectivity index (χ2v) is 8.43. The molecule has 1 aromatic carbocycles. The number of hydrogen-bond donors (Lipinski definition) is 0. The van der Waals surface area contributed by atoms with E-state index in [9.17, 15) is 9.18 Å². The van der Waals surface area contributed by atoms with E-state index in [1.165, 1.54) is 13.0 Å². The van der Waals surface area contributed by atoms with Gasteiger partial charge in [0.05, 0.1) is 23.7 Å². The van der Waals surface area contributed by atoms with Gasteiger partial charge in [0.2, 0.25) is 0 Å². The maximum atomic E-state index is 14.4. The first-order valence-electron chi connectivity index (χ1n) is 8.40. The number of benzene rings is 1. The minimum absolute atomic E-state index is 0.0303. The lowest BCUT2D eigenvalue weighted by Crippen LogP contribution is -2.41. The van der Waals surface area contributed by atoms with E-state index in [1.807, 2.05) is 33.8 Å². The van der Waals surface area contributed by atoms with E-state index in [-0.39, 0.29) is 11.5 Å². The van der Waals surface area contributed by atoms with Crippen LogP contribution in [0.3, 0.4) is 0 Å². The smallest absolute Gasteiger partial charge is 0.400 e. The van der Waals surface area contributed by atoms with Crippen LogP contribution in [0.2, 0.25) is 0 Å². The highest BCUT2D eigenvalue weighted by molar-refractivity contribution is 8.13. The van der Waals surface area contributed by atoms with E-state index in [1.54, 1.807) is 18.2 Å². The second-order valence-electron chi connectivity index (χ2n) is 7.28. The molecule has 0 aromatic heterocycles. The van der Waals surface area contributed by atoms with Gasteiger partial charge in [0.25, 0.3) is 0 Å². The summed E-state index contributed by atoms with van der Waals surface area (Å²) in [5.74, 6) is -0.0643. The van der Waals surface area contributed by atoms with Crippen molar-refractivity contribution in [2.45, 2.75) is 52.2 Å². The minimum Gasteiger partial charge on any atom is -0.400 e. The largest absolute Gasteiger partial charge is 0.491 e. The van der Waals surface area contributed by atoms with Crippen molar-refractivity contribution in [2.24, 2.45) is 0 Å². The van der Waals surface area contributed by atoms with E-state index in [2.05, 4.69) is 0 Å². The number of carbonyl (C=O) groups is 1. The number of halogens is 1. The lowest BCUT2D eigenvalue weighted by atomic mass is 9.78. The van der Waals surface area contributed by atoms with Gasteiger partial charge in [0, 0.05) is 18.2 Å². The minimum atomic E-state index is -0.648. The topological polar surface area (TPSA) is 59.3 Å². The van der Waals surface area contributed by atoms with E-state index in [4.69, 9.17) is 14.6 Å². The molecule has 0 radical (unpaired) electrons. The lowest BCUT2D eigenvalue weighted by molar-refractivity contribution is -0.109. The Morgan fingerprint density at radius 1 is 1.31 bits per heavy atom. The fourth-order valence-electron chi connectivity index (χ4n) is 2.45. The Kier molecular flexibility index (Phi) is 6.33. The van der Waals surface area contributed by atoms with Crippen LogP contribution in [0.5, 0.6) is 0 Å². The molecule has 1 aliphatic heterocycles. The second kappa shape index (κ2) is 7.95. The van der Waals surface area contributed by atoms with Gasteiger partial charge in [0.15, 0.2) is 5.12 Å². The molecule has 0 aliphatic carbocycles. The molecule has 1 saturated heterocycles. The van der Waals surface area contributed by atoms with Crippen LogP contribution in [-0.2, 0) is 20.5 Å². The number of nitrogens with zero attached hydrogens (tertiary/aromatic N) is 1. The Bertz CT molecular complexity index is 755. The van der Waals surface area contributed by atoms with Gasteiger partial charge in [-0.15, -0.1) is 0 Å². The highest BCUT2D eigenvalue weighted by Gasteiger charge is 2.52. The summed E-state index contributed by atoms with van der Waals surface area (Å²) in [6, 6.07) is 6.71. The summed E-state index contributed by atoms with van der Waals surface area (Å²) in [7, 11) is -0.648. The van der Waals surface area contributed by atoms with Gasteiger partial charge in [-0.25, -0.2) is 4.39 Å². The molecule has 7 heteroatoms. The third-order valence-electron chi connectivity index (χ3n) is 4.69. The fourth-order valence-corrected chi connectivity index (χ4v) is 3.04. The van der Waals surface area contributed by atoms with Crippen LogP contribution in [0.15, 0.2) is 23.7 Å². The van der Waals surface area contributed by atoms with Crippen LogP contribution in [-0.4, -0.2) is 29.2 Å². The van der Waals surface area contributed by atoms with Crippen molar-refractivity contribution in [1.29, 1.82) is 5.26 Å². The van der Waals surface area contributed by atoms with Gasteiger partial charge < -0.3 is 9.31 Å². The van der Waals surface area contributed by atoms with Crippen molar-refractivity contribution in [3.63, 3.8) is 0 Å². The SMILES string of the molecule is CC(=O)SCC(=Cc1ccc(CC#N)cc1F)B1OC(C)(C)C(C)(C)O1. The van der Waals surface area contributed by atoms with Gasteiger partial charge >= 0.3 is 7.12 Å². The van der Waals surface area contributed by atoms with Crippen molar-refractivity contribution < 1.29 is 18.5 Å². The molecule has 0 spiro atoms. The molecule has 1 aromatic rings. The molecule has 2 rings (SSSR count). The van der Waals surface area contributed by atoms with Gasteiger partial charge in [-0.3, -0.25) is 4.79 Å². The summed E-state index contributed by atoms with van der Waals surface area (Å²) in [4.78, 5) is 11.4. The number of nitriles is 1. The standard InChI is InChI=1S/C19H23BFNO3S/c1-13(23)26-12-16(20-24-18(2,3)19(4,5)25-20)11-15-7-6-14(8-9-22)10-17(15)21/h6-7,10-11H,8,12H2,1-5H3. The molecule has 0 N–H and O–H groups in total. The zero-order valence-electron chi connectivity index (χ0n) is 15.8. The molecule has 1 heterocycles. The molecule has 4 nitrogen and oxygen atoms in total. The summed E-state index contributed by atoms with van der Waals surface area (Å²) in [6.45, 7) is 9.27. The maximum Gasteiger partial charge on any atom is 0.491 e. The molecular formula is C19H23BFNO3S. The number of rotatable bonds is 5. The highest BCUT2D eigenvalue weighted by Crippen LogP contribution is 2.39. The fraction of sp³-hybridized carbons (Fsp3) is 0.474. The van der Waals surface area contributed by atoms with Crippen molar-refractivity contribution in [1.82, 2.24) is 0 Å². The van der Waals surface area contributed by atoms with Gasteiger partial charge in [-0.05, 0) is 44.8 Å². The van der Waals surface area contributed by atoms with Crippen LogP contribution in [0.4, 0.5) is 4.39 Å². The van der Waals surface area contributed by atoms with E-state index in [0.29, 0.717) is 22.4 Å². The van der Waals surface area contributed by atoms with Crippen molar-refractivity contribution >= 4 is 30.1 Å². The van der Waals surface area contributed by atoms with Crippen molar-refractivity contribution in [3.8, 4) is 6.07 Å². The summed E-state index contributed by atoms with van der Waals surface area (Å²) in [5.41, 5.74) is 0.647. The van der Waals surface area contributed by atoms with Crippen LogP contribution in [0.1, 0.15) is 45.7 Å². The molecule has 26 heavy (non-hydrogen) atoms. The lowest BCUT2D eigenvalue weighted by Gasteiger charge is -2.32. The van der Waals surface area contributed by atoms with Crippen molar-refractivity contribution in [3.05, 3.63) is 40.6 Å². The third kappa shape index (κ3) is 4.76. The summed E-state index contributed by atoms with van der Waals surface area (Å²) >= 11 is 1.13. The first-order chi connectivity index (χ1) is 12.1. The Morgan fingerprint density at radius 3 is 2.42 bits per heavy atom. The van der Waals surface area contributed by atoms with Crippen LogP contribution < -0.4 is 0 Å². The Hall–Kier alpha value is -1.62. The molecule has 0 amide bonds. The number of thioether (sulfide) groups is 1. The highest BCUT2D eigenvalue weighted by atomic mass is 32.2. The Labute approximate surface area is 158 Å². The van der Waals surface area contributed by atoms with E-state index >= 15 is 0 Å². The molecule has 0 atom stereocenters. The molecule has 1 aliphatic rings. The van der Waals surface area contributed by atoms with Crippen LogP contribution in [0, 0.1) is 17.1 Å². The normalized spacial score (nSPS) is 18.7.